The molecule has 2 aromatic rings. The Kier molecular flexibility index (Phi) is 7.15. The van der Waals surface area contributed by atoms with E-state index in [1.165, 1.54) is 16.8 Å². The lowest BCUT2D eigenvalue weighted by Gasteiger charge is -2.14. The Hall–Kier alpha value is -2.49. The van der Waals surface area contributed by atoms with Crippen LogP contribution < -0.4 is 15.5 Å². The summed E-state index contributed by atoms with van der Waals surface area (Å²) in [4.78, 5) is 6.75. The molecule has 24 heavy (non-hydrogen) atoms. The van der Waals surface area contributed by atoms with Crippen LogP contribution in [0.1, 0.15) is 18.1 Å². The summed E-state index contributed by atoms with van der Waals surface area (Å²) in [6, 6.07) is 19.0. The molecule has 0 amide bonds. The predicted molar refractivity (Wildman–Crippen MR) is 104 cm³/mol. The molecule has 0 aromatic heterocycles. The Morgan fingerprint density at radius 2 is 1.62 bits per heavy atom. The van der Waals surface area contributed by atoms with E-state index in [1.54, 1.807) is 0 Å². The third-order valence-corrected chi connectivity index (χ3v) is 3.77. The topological polar surface area (TPSA) is 39.7 Å². The highest BCUT2D eigenvalue weighted by atomic mass is 15.2. The molecule has 0 aliphatic heterocycles. The molecule has 4 heteroatoms. The van der Waals surface area contributed by atoms with Crippen molar-refractivity contribution >= 4 is 11.6 Å². The summed E-state index contributed by atoms with van der Waals surface area (Å²) >= 11 is 0. The van der Waals surface area contributed by atoms with Crippen molar-refractivity contribution in [3.05, 3.63) is 65.7 Å². The average Bonchev–Trinajstić information content (AvgIpc) is 2.61. The van der Waals surface area contributed by atoms with Gasteiger partial charge in [0, 0.05) is 32.9 Å². The van der Waals surface area contributed by atoms with Crippen LogP contribution in [0.2, 0.25) is 0 Å². The van der Waals surface area contributed by atoms with Gasteiger partial charge in [0.05, 0.1) is 6.54 Å². The van der Waals surface area contributed by atoms with Crippen molar-refractivity contribution < 1.29 is 0 Å². The van der Waals surface area contributed by atoms with E-state index >= 15 is 0 Å². The molecule has 0 radical (unpaired) electrons. The van der Waals surface area contributed by atoms with Crippen LogP contribution in [0.3, 0.4) is 0 Å². The predicted octanol–water partition coefficient (Wildman–Crippen LogP) is 3.05. The van der Waals surface area contributed by atoms with Gasteiger partial charge in [-0.25, -0.2) is 4.99 Å². The van der Waals surface area contributed by atoms with E-state index in [9.17, 15) is 0 Å². The molecule has 0 saturated heterocycles. The lowest BCUT2D eigenvalue weighted by Crippen LogP contribution is -2.38. The molecule has 128 valence electrons. The summed E-state index contributed by atoms with van der Waals surface area (Å²) in [5.74, 6) is 0.867. The molecular formula is C20H28N4. The van der Waals surface area contributed by atoms with Gasteiger partial charge >= 0.3 is 0 Å². The molecule has 0 bridgehead atoms. The molecule has 0 heterocycles. The van der Waals surface area contributed by atoms with E-state index in [4.69, 9.17) is 0 Å². The first-order chi connectivity index (χ1) is 11.7. The monoisotopic (exact) mass is 324 g/mol. The van der Waals surface area contributed by atoms with E-state index in [-0.39, 0.29) is 0 Å². The zero-order valence-electron chi connectivity index (χ0n) is 14.9. The van der Waals surface area contributed by atoms with Crippen LogP contribution in [-0.4, -0.2) is 33.1 Å². The first-order valence-electron chi connectivity index (χ1n) is 8.51. The van der Waals surface area contributed by atoms with Gasteiger partial charge in [-0.05, 0) is 36.6 Å². The first kappa shape index (κ1) is 17.9. The molecule has 2 N–H and O–H groups in total. The molecule has 4 nitrogen and oxygen atoms in total. The number of guanidine groups is 1. The van der Waals surface area contributed by atoms with E-state index in [0.717, 1.165) is 25.5 Å². The number of nitrogens with zero attached hydrogens (tertiary/aromatic N) is 2. The van der Waals surface area contributed by atoms with Crippen LogP contribution in [0, 0.1) is 0 Å². The molecule has 0 spiro atoms. The highest BCUT2D eigenvalue weighted by Crippen LogP contribution is 2.12. The second kappa shape index (κ2) is 9.60. The minimum absolute atomic E-state index is 0.688. The smallest absolute Gasteiger partial charge is 0.191 e. The summed E-state index contributed by atoms with van der Waals surface area (Å²) in [5, 5.41) is 6.70. The third kappa shape index (κ3) is 5.95. The lowest BCUT2D eigenvalue weighted by molar-refractivity contribution is 0.799. The summed E-state index contributed by atoms with van der Waals surface area (Å²) in [6.45, 7) is 4.49. The van der Waals surface area contributed by atoms with Gasteiger partial charge in [-0.2, -0.15) is 0 Å². The number of benzene rings is 2. The lowest BCUT2D eigenvalue weighted by atomic mass is 10.1. The maximum Gasteiger partial charge on any atom is 0.191 e. The van der Waals surface area contributed by atoms with Gasteiger partial charge in [0.25, 0.3) is 0 Å². The first-order valence-corrected chi connectivity index (χ1v) is 8.51. The normalized spacial score (nSPS) is 11.2. The fourth-order valence-corrected chi connectivity index (χ4v) is 2.38. The van der Waals surface area contributed by atoms with E-state index in [0.29, 0.717) is 6.54 Å². The summed E-state index contributed by atoms with van der Waals surface area (Å²) in [5.41, 5.74) is 3.77. The summed E-state index contributed by atoms with van der Waals surface area (Å²) in [6.07, 6.45) is 0.976. The van der Waals surface area contributed by atoms with E-state index in [1.807, 2.05) is 18.2 Å². The summed E-state index contributed by atoms with van der Waals surface area (Å²) < 4.78 is 0. The van der Waals surface area contributed by atoms with Crippen molar-refractivity contribution in [3.63, 3.8) is 0 Å². The van der Waals surface area contributed by atoms with Crippen molar-refractivity contribution in [2.45, 2.75) is 19.9 Å². The molecule has 0 saturated carbocycles. The van der Waals surface area contributed by atoms with Gasteiger partial charge in [0.2, 0.25) is 0 Å². The maximum absolute atomic E-state index is 4.64. The van der Waals surface area contributed by atoms with Crippen molar-refractivity contribution in [3.8, 4) is 0 Å². The molecule has 2 rings (SSSR count). The van der Waals surface area contributed by atoms with Crippen LogP contribution in [0.15, 0.2) is 59.6 Å². The van der Waals surface area contributed by atoms with Gasteiger partial charge < -0.3 is 15.5 Å². The molecule has 0 aliphatic carbocycles. The second-order valence-electron chi connectivity index (χ2n) is 5.92. The van der Waals surface area contributed by atoms with Crippen molar-refractivity contribution in [2.24, 2.45) is 4.99 Å². The quantitative estimate of drug-likeness (QED) is 0.607. The van der Waals surface area contributed by atoms with Crippen molar-refractivity contribution in [1.82, 2.24) is 10.6 Å². The number of rotatable bonds is 7. The Bertz CT molecular complexity index is 618. The van der Waals surface area contributed by atoms with Gasteiger partial charge in [-0.1, -0.05) is 42.5 Å². The van der Waals surface area contributed by atoms with Gasteiger partial charge in [-0.3, -0.25) is 0 Å². The van der Waals surface area contributed by atoms with E-state index in [2.05, 4.69) is 77.9 Å². The minimum Gasteiger partial charge on any atom is -0.378 e. The molecule has 2 aromatic carbocycles. The van der Waals surface area contributed by atoms with Crippen molar-refractivity contribution in [1.29, 1.82) is 0 Å². The summed E-state index contributed by atoms with van der Waals surface area (Å²) in [7, 11) is 4.12. The zero-order chi connectivity index (χ0) is 17.2. The number of anilines is 1. The Labute approximate surface area is 145 Å². The highest BCUT2D eigenvalue weighted by Gasteiger charge is 1.99. The Morgan fingerprint density at radius 1 is 0.917 bits per heavy atom. The maximum atomic E-state index is 4.64. The number of aliphatic imine (C=N–C) groups is 1. The Morgan fingerprint density at radius 3 is 2.25 bits per heavy atom. The molecule has 0 unspecified atom stereocenters. The third-order valence-electron chi connectivity index (χ3n) is 3.77. The number of nitrogens with one attached hydrogen (secondary N) is 2. The largest absolute Gasteiger partial charge is 0.378 e. The Balaban J connectivity index is 1.84. The van der Waals surface area contributed by atoms with Crippen LogP contribution in [-0.2, 0) is 13.0 Å². The van der Waals surface area contributed by atoms with Crippen LogP contribution >= 0.6 is 0 Å². The second-order valence-corrected chi connectivity index (χ2v) is 5.92. The van der Waals surface area contributed by atoms with Crippen LogP contribution in [0.5, 0.6) is 0 Å². The van der Waals surface area contributed by atoms with Crippen LogP contribution in [0.4, 0.5) is 5.69 Å². The standard InChI is InChI=1S/C20H28N4/c1-4-21-20(23-16-18-8-6-5-7-9-18)22-15-14-17-10-12-19(13-11-17)24(2)3/h5-13H,4,14-16H2,1-3H3,(H2,21,22,23). The molecule has 0 aliphatic rings. The van der Waals surface area contributed by atoms with Gasteiger partial charge in [0.1, 0.15) is 0 Å². The number of hydrogen-bond donors (Lipinski definition) is 2. The minimum atomic E-state index is 0.688. The molecular weight excluding hydrogens is 296 g/mol. The number of hydrogen-bond acceptors (Lipinski definition) is 2. The average molecular weight is 324 g/mol. The fourth-order valence-electron chi connectivity index (χ4n) is 2.38. The fraction of sp³-hybridized carbons (Fsp3) is 0.350. The molecule has 0 atom stereocenters. The highest BCUT2D eigenvalue weighted by molar-refractivity contribution is 5.79. The zero-order valence-corrected chi connectivity index (χ0v) is 14.9. The molecule has 0 fully saturated rings. The van der Waals surface area contributed by atoms with Crippen LogP contribution in [0.25, 0.3) is 0 Å². The van der Waals surface area contributed by atoms with Crippen molar-refractivity contribution in [2.75, 3.05) is 32.1 Å². The van der Waals surface area contributed by atoms with Gasteiger partial charge in [0.15, 0.2) is 5.96 Å². The van der Waals surface area contributed by atoms with Gasteiger partial charge in [-0.15, -0.1) is 0 Å². The van der Waals surface area contributed by atoms with E-state index < -0.39 is 0 Å². The SMILES string of the molecule is CCNC(=NCc1ccccc1)NCCc1ccc(N(C)C)cc1.